The molecule has 2 atom stereocenters. The Bertz CT molecular complexity index is 930. The second-order valence-electron chi connectivity index (χ2n) is 6.27. The molecule has 0 saturated carbocycles. The fourth-order valence-electron chi connectivity index (χ4n) is 3.09. The summed E-state index contributed by atoms with van der Waals surface area (Å²) in [6.45, 7) is 1.50. The number of Topliss-reactive ketones (excluding diaryl/α,β-unsaturated/α-hetero) is 1. The van der Waals surface area contributed by atoms with E-state index in [1.165, 1.54) is 12.0 Å². The van der Waals surface area contributed by atoms with Crippen LogP contribution in [0.4, 0.5) is 0 Å². The highest BCUT2D eigenvalue weighted by atomic mass is 16.5. The number of hydrogen-bond donors (Lipinski definition) is 0. The van der Waals surface area contributed by atoms with E-state index in [2.05, 4.69) is 0 Å². The molecular formula is C19H27NO3. The van der Waals surface area contributed by atoms with Gasteiger partial charge in [-0.3, -0.25) is 9.69 Å². The van der Waals surface area contributed by atoms with Crippen LogP contribution in [0.2, 0.25) is 0 Å². The zero-order valence-corrected chi connectivity index (χ0v) is 13.5. The number of carbonyl (C=O) groups is 1. The second kappa shape index (κ2) is 6.52. The van der Waals surface area contributed by atoms with Crippen molar-refractivity contribution in [3.63, 3.8) is 0 Å². The number of benzene rings is 1. The summed E-state index contributed by atoms with van der Waals surface area (Å²) in [5.74, 6) is -2.95. The van der Waals surface area contributed by atoms with Gasteiger partial charge in [-0.05, 0) is 42.0 Å². The average molecular weight is 326 g/mol. The molecule has 2 aliphatic heterocycles. The molecule has 0 radical (unpaired) electrons. The first-order valence-corrected chi connectivity index (χ1v) is 7.75. The Balaban J connectivity index is 2.28. The van der Waals surface area contributed by atoms with Gasteiger partial charge in [-0.15, -0.1) is 0 Å². The summed E-state index contributed by atoms with van der Waals surface area (Å²) in [6, 6.07) is -2.28. The molecule has 4 nitrogen and oxygen atoms in total. The van der Waals surface area contributed by atoms with E-state index in [0.717, 1.165) is 0 Å². The van der Waals surface area contributed by atoms with Crippen LogP contribution in [0.5, 0.6) is 11.5 Å². The molecule has 1 aromatic rings. The van der Waals surface area contributed by atoms with E-state index in [0.29, 0.717) is 0 Å². The van der Waals surface area contributed by atoms with Gasteiger partial charge < -0.3 is 9.47 Å². The number of rotatable bonds is 4. The molecule has 126 valence electrons. The van der Waals surface area contributed by atoms with E-state index in [1.807, 2.05) is 13.8 Å². The fourth-order valence-corrected chi connectivity index (χ4v) is 3.09. The van der Waals surface area contributed by atoms with E-state index in [-0.39, 0.29) is 48.2 Å². The third-order valence-corrected chi connectivity index (χ3v) is 4.16. The first-order chi connectivity index (χ1) is 14.6. The zero-order chi connectivity index (χ0) is 24.4. The Morgan fingerprint density at radius 2 is 2.22 bits per heavy atom. The van der Waals surface area contributed by atoms with Crippen molar-refractivity contribution < 1.29 is 26.6 Å². The molecule has 0 aliphatic carbocycles. The molecule has 1 aromatic carbocycles. The van der Waals surface area contributed by atoms with Crippen LogP contribution in [0.15, 0.2) is 12.1 Å². The fraction of sp³-hybridized carbons (Fsp3) is 0.632. The Kier molecular flexibility index (Phi) is 2.41. The lowest BCUT2D eigenvalue weighted by atomic mass is 9.80. The standard InChI is InChI=1S/C19H27NO3/c1-12(2)7-14-11-20-6-5-13-8-18(22-3)19(23-4)9-15(13)16(20)10-17(14)21/h8-9,12,14,16H,5-7,10-11H2,1-4H3/i4D3,8D,9D,10D2,11D2. The van der Waals surface area contributed by atoms with Crippen molar-refractivity contribution in [3.8, 4) is 11.5 Å². The molecule has 2 heterocycles. The van der Waals surface area contributed by atoms with E-state index in [1.54, 1.807) is 0 Å². The van der Waals surface area contributed by atoms with Crippen LogP contribution in [-0.4, -0.2) is 37.9 Å². The molecule has 3 rings (SSSR count). The van der Waals surface area contributed by atoms with Crippen molar-refractivity contribution >= 4 is 5.78 Å². The Morgan fingerprint density at radius 3 is 2.91 bits per heavy atom. The normalized spacial score (nSPS) is 35.0. The lowest BCUT2D eigenvalue weighted by Gasteiger charge is -2.43. The van der Waals surface area contributed by atoms with E-state index in [9.17, 15) is 4.79 Å². The number of methoxy groups -OCH3 is 2. The molecule has 1 fully saturated rings. The topological polar surface area (TPSA) is 38.8 Å². The molecule has 0 spiro atoms. The summed E-state index contributed by atoms with van der Waals surface area (Å²) in [5.41, 5.74) is 0.118. The van der Waals surface area contributed by atoms with Gasteiger partial charge in [0.15, 0.2) is 11.5 Å². The summed E-state index contributed by atoms with van der Waals surface area (Å²) < 4.78 is 84.1. The number of hydrogen-bond acceptors (Lipinski definition) is 4. The molecule has 2 unspecified atom stereocenters. The van der Waals surface area contributed by atoms with Gasteiger partial charge in [-0.25, -0.2) is 0 Å². The van der Waals surface area contributed by atoms with Gasteiger partial charge in [0.05, 0.1) is 21.0 Å². The maximum atomic E-state index is 13.2. The highest BCUT2D eigenvalue weighted by Crippen LogP contribution is 2.42. The SMILES string of the molecule is [2H]c1c2c(c([2H])c(OC([2H])([2H])[2H])c1OC)C1N(CC2)C([2H])([2H])C(CC(C)C)C(=O)C1([2H])[2H]. The first kappa shape index (κ1) is 8.52. The summed E-state index contributed by atoms with van der Waals surface area (Å²) >= 11 is 0. The van der Waals surface area contributed by atoms with Gasteiger partial charge in [-0.2, -0.15) is 0 Å². The largest absolute Gasteiger partial charge is 0.493 e. The van der Waals surface area contributed by atoms with Gasteiger partial charge in [0.1, 0.15) is 5.78 Å². The summed E-state index contributed by atoms with van der Waals surface area (Å²) in [5, 5.41) is 0. The third-order valence-electron chi connectivity index (χ3n) is 4.16. The van der Waals surface area contributed by atoms with Crippen LogP contribution in [0.25, 0.3) is 0 Å². The number of ketones is 1. The van der Waals surface area contributed by atoms with E-state index >= 15 is 0 Å². The molecule has 4 heteroatoms. The van der Waals surface area contributed by atoms with Crippen LogP contribution in [0, 0.1) is 11.8 Å². The predicted molar refractivity (Wildman–Crippen MR) is 90.1 cm³/mol. The lowest BCUT2D eigenvalue weighted by Crippen LogP contribution is -2.46. The van der Waals surface area contributed by atoms with Crippen molar-refractivity contribution in [1.29, 1.82) is 0 Å². The Labute approximate surface area is 151 Å². The van der Waals surface area contributed by atoms with Crippen LogP contribution in [-0.2, 0) is 11.2 Å². The van der Waals surface area contributed by atoms with Crippen LogP contribution >= 0.6 is 0 Å². The monoisotopic (exact) mass is 326 g/mol. The van der Waals surface area contributed by atoms with Gasteiger partial charge in [0.25, 0.3) is 0 Å². The third kappa shape index (κ3) is 3.09. The van der Waals surface area contributed by atoms with Gasteiger partial charge in [0.2, 0.25) is 0 Å². The molecule has 0 bridgehead atoms. The zero-order valence-electron chi connectivity index (χ0n) is 22.5. The summed E-state index contributed by atoms with van der Waals surface area (Å²) in [6.07, 6.45) is -2.29. The minimum Gasteiger partial charge on any atom is -0.493 e. The molecule has 23 heavy (non-hydrogen) atoms. The smallest absolute Gasteiger partial charge is 0.161 e. The Hall–Kier alpha value is -1.55. The predicted octanol–water partition coefficient (Wildman–Crippen LogP) is 3.24. The number of carbonyl (C=O) groups excluding carboxylic acids is 1. The second-order valence-corrected chi connectivity index (χ2v) is 6.27. The Morgan fingerprint density at radius 1 is 1.43 bits per heavy atom. The van der Waals surface area contributed by atoms with Crippen molar-refractivity contribution in [2.24, 2.45) is 11.8 Å². The van der Waals surface area contributed by atoms with Gasteiger partial charge in [-0.1, -0.05) is 13.8 Å². The highest BCUT2D eigenvalue weighted by molar-refractivity contribution is 5.83. The molecule has 0 N–H and O–H groups in total. The van der Waals surface area contributed by atoms with Crippen LogP contribution < -0.4 is 9.47 Å². The van der Waals surface area contributed by atoms with Crippen molar-refractivity contribution in [1.82, 2.24) is 4.90 Å². The molecule has 0 amide bonds. The maximum Gasteiger partial charge on any atom is 0.161 e. The molecule has 1 saturated heterocycles. The van der Waals surface area contributed by atoms with Gasteiger partial charge in [0, 0.05) is 36.9 Å². The minimum absolute atomic E-state index is 0.0278. The van der Waals surface area contributed by atoms with Crippen molar-refractivity contribution in [3.05, 3.63) is 23.2 Å². The number of fused-ring (bicyclic) bond motifs is 3. The average Bonchev–Trinajstić information content (AvgIpc) is 2.66. The lowest BCUT2D eigenvalue weighted by molar-refractivity contribution is -0.129. The number of nitrogens with zero attached hydrogens (tertiary/aromatic N) is 1. The molecule has 2 aliphatic rings. The van der Waals surface area contributed by atoms with Crippen molar-refractivity contribution in [2.75, 3.05) is 27.2 Å². The number of ether oxygens (including phenoxy) is 2. The van der Waals surface area contributed by atoms with Crippen LogP contribution in [0.3, 0.4) is 0 Å². The molecular weight excluding hydrogens is 290 g/mol. The van der Waals surface area contributed by atoms with Crippen LogP contribution in [0.1, 0.15) is 56.1 Å². The van der Waals surface area contributed by atoms with Crippen molar-refractivity contribution in [2.45, 2.75) is 39.1 Å². The molecule has 0 aromatic heterocycles. The van der Waals surface area contributed by atoms with Gasteiger partial charge >= 0.3 is 0 Å². The van der Waals surface area contributed by atoms with E-state index < -0.39 is 49.4 Å². The first-order valence-electron chi connectivity index (χ1n) is 12.3. The number of piperidine rings is 1. The minimum atomic E-state index is -2.96. The summed E-state index contributed by atoms with van der Waals surface area (Å²) in [4.78, 5) is 14.4. The highest BCUT2D eigenvalue weighted by Gasteiger charge is 2.38. The maximum absolute atomic E-state index is 13.2. The summed E-state index contributed by atoms with van der Waals surface area (Å²) in [7, 11) is -1.75. The quantitative estimate of drug-likeness (QED) is 0.851. The van der Waals surface area contributed by atoms with E-state index in [4.69, 9.17) is 21.8 Å².